The van der Waals surface area contributed by atoms with E-state index < -0.39 is 30.5 Å². The number of carbonyl (C=O) groups excluding carboxylic acids is 2. The van der Waals surface area contributed by atoms with Gasteiger partial charge < -0.3 is 30.3 Å². The highest BCUT2D eigenvalue weighted by molar-refractivity contribution is 6.11. The maximum absolute atomic E-state index is 12.4. The van der Waals surface area contributed by atoms with Gasteiger partial charge in [0, 0.05) is 37.9 Å². The second-order valence-electron chi connectivity index (χ2n) is 10.4. The molecule has 2 aromatic heterocycles. The molecule has 0 unspecified atom stereocenters. The monoisotopic (exact) mass is 525 g/mol. The Hall–Kier alpha value is -3.12. The topological polar surface area (TPSA) is 148 Å². The van der Waals surface area contributed by atoms with Crippen LogP contribution in [0.2, 0.25) is 0 Å². The van der Waals surface area contributed by atoms with Gasteiger partial charge in [0.15, 0.2) is 5.82 Å². The number of aliphatic hydroxyl groups excluding tert-OH is 3. The number of hydrogen-bond acceptors (Lipinski definition) is 10. The normalized spacial score (nSPS) is 28.2. The Morgan fingerprint density at radius 2 is 1.87 bits per heavy atom. The molecule has 2 saturated heterocycles. The highest BCUT2D eigenvalue weighted by Crippen LogP contribution is 2.43. The average Bonchev–Trinajstić information content (AvgIpc) is 3.68. The second kappa shape index (κ2) is 10.9. The van der Waals surface area contributed by atoms with Crippen LogP contribution in [0.25, 0.3) is 0 Å². The van der Waals surface area contributed by atoms with Crippen LogP contribution in [0.3, 0.4) is 0 Å². The maximum Gasteiger partial charge on any atom is 0.306 e. The van der Waals surface area contributed by atoms with E-state index >= 15 is 0 Å². The van der Waals surface area contributed by atoms with E-state index in [2.05, 4.69) is 20.2 Å². The first-order chi connectivity index (χ1) is 18.3. The number of pyridine rings is 2. The number of piperidine rings is 1. The Balaban J connectivity index is 0.000000156. The lowest BCUT2D eigenvalue weighted by Crippen LogP contribution is -2.62. The summed E-state index contributed by atoms with van der Waals surface area (Å²) in [4.78, 5) is 36.7. The summed E-state index contributed by atoms with van der Waals surface area (Å²) in [7, 11) is 0. The zero-order chi connectivity index (χ0) is 27.0. The molecule has 6 rings (SSSR count). The van der Waals surface area contributed by atoms with Crippen LogP contribution < -0.4 is 10.2 Å². The third-order valence-corrected chi connectivity index (χ3v) is 7.54. The lowest BCUT2D eigenvalue weighted by Gasteiger charge is -2.42. The molecule has 2 aromatic rings. The van der Waals surface area contributed by atoms with Gasteiger partial charge in [0.1, 0.15) is 24.1 Å². The van der Waals surface area contributed by atoms with Crippen LogP contribution in [-0.4, -0.2) is 91.7 Å². The fraction of sp³-hybridized carbons (Fsp3) is 0.556. The summed E-state index contributed by atoms with van der Waals surface area (Å²) in [6.45, 7) is 4.88. The molecule has 0 aromatic carbocycles. The van der Waals surface area contributed by atoms with Crippen molar-refractivity contribution in [3.05, 3.63) is 41.7 Å². The van der Waals surface area contributed by atoms with Crippen LogP contribution in [0.15, 0.2) is 30.6 Å². The molecule has 11 heteroatoms. The van der Waals surface area contributed by atoms with E-state index in [-0.39, 0.29) is 11.9 Å². The minimum absolute atomic E-state index is 0.117. The van der Waals surface area contributed by atoms with Crippen molar-refractivity contribution >= 4 is 29.2 Å². The number of anilines is 3. The number of fused-ring (bicyclic) bond motifs is 3. The van der Waals surface area contributed by atoms with Gasteiger partial charge in [-0.2, -0.15) is 0 Å². The molecule has 0 bridgehead atoms. The van der Waals surface area contributed by atoms with Gasteiger partial charge in [0.2, 0.25) is 0 Å². The van der Waals surface area contributed by atoms with Crippen LogP contribution in [0.5, 0.6) is 0 Å². The molecule has 204 valence electrons. The summed E-state index contributed by atoms with van der Waals surface area (Å²) in [6, 6.07) is 5.47. The minimum Gasteiger partial charge on any atom is -0.458 e. The average molecular weight is 526 g/mol. The molecule has 38 heavy (non-hydrogen) atoms. The molecular weight excluding hydrogens is 490 g/mol. The number of aliphatic hydroxyl groups is 3. The van der Waals surface area contributed by atoms with E-state index in [9.17, 15) is 24.9 Å². The molecule has 4 aliphatic rings. The number of esters is 1. The fourth-order valence-corrected chi connectivity index (χ4v) is 5.42. The molecule has 11 nitrogen and oxygen atoms in total. The number of aryl methyl sites for hydroxylation is 1. The first-order valence-electron chi connectivity index (χ1n) is 13.3. The van der Waals surface area contributed by atoms with Gasteiger partial charge in [-0.15, -0.1) is 0 Å². The lowest BCUT2D eigenvalue weighted by atomic mass is 9.93. The Bertz CT molecular complexity index is 1190. The Morgan fingerprint density at radius 1 is 1.11 bits per heavy atom. The van der Waals surface area contributed by atoms with Crippen LogP contribution in [0, 0.1) is 6.92 Å². The molecule has 1 aliphatic carbocycles. The quantitative estimate of drug-likeness (QED) is 0.433. The fourth-order valence-electron chi connectivity index (χ4n) is 5.42. The number of nitrogens with one attached hydrogen (secondary N) is 1. The van der Waals surface area contributed by atoms with Crippen LogP contribution in [0.4, 0.5) is 17.3 Å². The number of aromatic nitrogens is 2. The van der Waals surface area contributed by atoms with Crippen molar-refractivity contribution in [1.82, 2.24) is 14.9 Å². The molecule has 0 radical (unpaired) electrons. The summed E-state index contributed by atoms with van der Waals surface area (Å²) in [6.07, 6.45) is 3.77. The van der Waals surface area contributed by atoms with Gasteiger partial charge in [-0.05, 0) is 56.4 Å². The predicted octanol–water partition coefficient (Wildman–Crippen LogP) is 1.52. The second-order valence-corrected chi connectivity index (χ2v) is 10.4. The van der Waals surface area contributed by atoms with E-state index in [1.807, 2.05) is 30.9 Å². The number of carbonyl (C=O) groups is 2. The zero-order valence-electron chi connectivity index (χ0n) is 21.7. The molecule has 3 aliphatic heterocycles. The van der Waals surface area contributed by atoms with Gasteiger partial charge in [-0.1, -0.05) is 6.92 Å². The predicted molar refractivity (Wildman–Crippen MR) is 139 cm³/mol. The smallest absolute Gasteiger partial charge is 0.306 e. The summed E-state index contributed by atoms with van der Waals surface area (Å²) in [5, 5.41) is 32.7. The largest absolute Gasteiger partial charge is 0.458 e. The van der Waals surface area contributed by atoms with E-state index in [4.69, 9.17) is 4.74 Å². The van der Waals surface area contributed by atoms with Crippen LogP contribution in [-0.2, 0) is 9.53 Å². The Kier molecular flexibility index (Phi) is 7.62. The first-order valence-corrected chi connectivity index (χ1v) is 13.3. The number of ether oxygens (including phenoxy) is 1. The first kappa shape index (κ1) is 26.5. The standard InChI is InChI=1S/C15H14N4O.C12H21NO5/c1-9-6-8-17-14-12(9)18-15(20)11-3-2-7-16-13(11)19(14)10-4-5-10;1-2-3-9(15)18-8-6-13-5-4-7(14)10(13)12(17)11(8)16/h2-3,6-8,10H,4-5H2,1H3,(H,18,20);7-8,10-12,14,16-17H,2-6H2,1H3/t;7-,8-,10+,11+,12+/m.0/s1. The number of nitrogens with zero attached hydrogens (tertiary/aromatic N) is 4. The summed E-state index contributed by atoms with van der Waals surface area (Å²) >= 11 is 0. The SMILES string of the molecule is CCCC(=O)O[C@H]1CN2CC[C@H](O)[C@@H]2[C@@H](O)[C@@H]1O.Cc1ccnc2c1NC(=O)c1cccnc1N2C1CC1. The molecule has 1 amide bonds. The van der Waals surface area contributed by atoms with Crippen molar-refractivity contribution in [2.75, 3.05) is 23.3 Å². The third-order valence-electron chi connectivity index (χ3n) is 7.54. The van der Waals surface area contributed by atoms with E-state index in [1.165, 1.54) is 0 Å². The van der Waals surface area contributed by atoms with E-state index in [0.29, 0.717) is 49.8 Å². The van der Waals surface area contributed by atoms with Gasteiger partial charge in [0.25, 0.3) is 5.91 Å². The minimum atomic E-state index is -1.13. The molecule has 4 N–H and O–H groups in total. The lowest BCUT2D eigenvalue weighted by molar-refractivity contribution is -0.179. The molecule has 0 spiro atoms. The number of rotatable bonds is 4. The van der Waals surface area contributed by atoms with E-state index in [0.717, 1.165) is 29.9 Å². The number of amides is 1. The van der Waals surface area contributed by atoms with Gasteiger partial charge in [-0.3, -0.25) is 14.5 Å². The highest BCUT2D eigenvalue weighted by atomic mass is 16.6. The summed E-state index contributed by atoms with van der Waals surface area (Å²) in [5.74, 6) is 1.04. The van der Waals surface area contributed by atoms with Crippen LogP contribution in [0.1, 0.15) is 54.9 Å². The third kappa shape index (κ3) is 5.11. The Morgan fingerprint density at radius 3 is 2.61 bits per heavy atom. The van der Waals surface area contributed by atoms with Gasteiger partial charge in [0.05, 0.1) is 23.4 Å². The summed E-state index contributed by atoms with van der Waals surface area (Å²) in [5.41, 5.74) is 2.42. The van der Waals surface area contributed by atoms with Gasteiger partial charge >= 0.3 is 5.97 Å². The van der Waals surface area contributed by atoms with Crippen molar-refractivity contribution in [2.24, 2.45) is 0 Å². The maximum atomic E-state index is 12.4. The van der Waals surface area contributed by atoms with Crippen molar-refractivity contribution in [2.45, 2.75) is 82.5 Å². The Labute approximate surface area is 221 Å². The summed E-state index contributed by atoms with van der Waals surface area (Å²) < 4.78 is 5.19. The van der Waals surface area contributed by atoms with Crippen molar-refractivity contribution in [1.29, 1.82) is 0 Å². The van der Waals surface area contributed by atoms with Crippen molar-refractivity contribution in [3.8, 4) is 0 Å². The van der Waals surface area contributed by atoms with Crippen molar-refractivity contribution in [3.63, 3.8) is 0 Å². The zero-order valence-corrected chi connectivity index (χ0v) is 21.7. The molecule has 5 heterocycles. The van der Waals surface area contributed by atoms with Gasteiger partial charge in [-0.25, -0.2) is 9.97 Å². The van der Waals surface area contributed by atoms with Crippen molar-refractivity contribution < 1.29 is 29.6 Å². The molecule has 3 fully saturated rings. The molecule has 1 saturated carbocycles. The van der Waals surface area contributed by atoms with Crippen LogP contribution >= 0.6 is 0 Å². The van der Waals surface area contributed by atoms with E-state index in [1.54, 1.807) is 18.5 Å². The number of hydrogen-bond donors (Lipinski definition) is 4. The highest BCUT2D eigenvalue weighted by Gasteiger charge is 2.49. The molecular formula is C27H35N5O6. The molecule has 5 atom stereocenters.